The van der Waals surface area contributed by atoms with Crippen molar-refractivity contribution in [2.75, 3.05) is 12.4 Å². The highest BCUT2D eigenvalue weighted by Crippen LogP contribution is 2.20. The van der Waals surface area contributed by atoms with E-state index < -0.39 is 5.76 Å². The molecule has 2 aromatic heterocycles. The van der Waals surface area contributed by atoms with E-state index >= 15 is 0 Å². The van der Waals surface area contributed by atoms with Crippen molar-refractivity contribution in [3.8, 4) is 11.4 Å². The van der Waals surface area contributed by atoms with Crippen LogP contribution in [-0.4, -0.2) is 27.2 Å². The van der Waals surface area contributed by atoms with Gasteiger partial charge in [-0.25, -0.2) is 9.78 Å². The van der Waals surface area contributed by atoms with E-state index in [1.165, 1.54) is 6.20 Å². The molecular formula is C11H9N5O2. The summed E-state index contributed by atoms with van der Waals surface area (Å²) in [7, 11) is 1.75. The standard InChI is InChI=1S/C11H9N5O2/c1-12-9-5-13-16-10(15-9)6-2-3-8-7(4-6)14-11(17)18-8/h2-5H,1H3,(H,14,17)(H,12,15,16). The molecule has 0 fully saturated rings. The molecule has 0 spiro atoms. The van der Waals surface area contributed by atoms with Crippen LogP contribution in [0.1, 0.15) is 0 Å². The number of nitrogens with zero attached hydrogens (tertiary/aromatic N) is 3. The maximum Gasteiger partial charge on any atom is 0.417 e. The Morgan fingerprint density at radius 3 is 3.11 bits per heavy atom. The average molecular weight is 243 g/mol. The van der Waals surface area contributed by atoms with E-state index in [2.05, 4.69) is 25.5 Å². The first-order valence-electron chi connectivity index (χ1n) is 5.27. The number of anilines is 1. The minimum absolute atomic E-state index is 0.478. The zero-order valence-electron chi connectivity index (χ0n) is 9.47. The summed E-state index contributed by atoms with van der Waals surface area (Å²) >= 11 is 0. The van der Waals surface area contributed by atoms with Crippen molar-refractivity contribution >= 4 is 16.9 Å². The monoisotopic (exact) mass is 243 g/mol. The maximum atomic E-state index is 11.1. The van der Waals surface area contributed by atoms with Gasteiger partial charge in [0.25, 0.3) is 0 Å². The van der Waals surface area contributed by atoms with Crippen LogP contribution in [0, 0.1) is 0 Å². The Kier molecular flexibility index (Phi) is 2.30. The van der Waals surface area contributed by atoms with Gasteiger partial charge in [0, 0.05) is 12.6 Å². The second kappa shape index (κ2) is 3.95. The number of benzene rings is 1. The van der Waals surface area contributed by atoms with Crippen LogP contribution in [0.15, 0.2) is 33.6 Å². The summed E-state index contributed by atoms with van der Waals surface area (Å²) in [5.41, 5.74) is 1.86. The molecule has 0 bridgehead atoms. The van der Waals surface area contributed by atoms with Crippen molar-refractivity contribution < 1.29 is 4.42 Å². The number of hydrogen-bond donors (Lipinski definition) is 2. The molecule has 0 saturated heterocycles. The van der Waals surface area contributed by atoms with Crippen molar-refractivity contribution in [3.05, 3.63) is 34.9 Å². The highest BCUT2D eigenvalue weighted by molar-refractivity contribution is 5.78. The third-order valence-electron chi connectivity index (χ3n) is 2.49. The molecule has 3 rings (SSSR count). The van der Waals surface area contributed by atoms with Gasteiger partial charge in [-0.15, -0.1) is 5.10 Å². The van der Waals surface area contributed by atoms with Gasteiger partial charge in [-0.1, -0.05) is 0 Å². The van der Waals surface area contributed by atoms with Gasteiger partial charge in [-0.3, -0.25) is 4.98 Å². The molecule has 1 aromatic carbocycles. The second-order valence-electron chi connectivity index (χ2n) is 3.64. The zero-order valence-corrected chi connectivity index (χ0v) is 9.47. The van der Waals surface area contributed by atoms with Crippen LogP contribution in [-0.2, 0) is 0 Å². The van der Waals surface area contributed by atoms with E-state index in [1.807, 2.05) is 0 Å². The number of rotatable bonds is 2. The molecule has 0 aliphatic heterocycles. The van der Waals surface area contributed by atoms with Crippen LogP contribution in [0.5, 0.6) is 0 Å². The van der Waals surface area contributed by atoms with Gasteiger partial charge in [0.2, 0.25) is 0 Å². The first-order valence-corrected chi connectivity index (χ1v) is 5.27. The Bertz CT molecular complexity index is 761. The smallest absolute Gasteiger partial charge is 0.408 e. The van der Waals surface area contributed by atoms with Gasteiger partial charge in [-0.2, -0.15) is 5.10 Å². The zero-order chi connectivity index (χ0) is 12.5. The fraction of sp³-hybridized carbons (Fsp3) is 0.0909. The molecule has 0 amide bonds. The average Bonchev–Trinajstić information content (AvgIpc) is 2.77. The number of oxazole rings is 1. The van der Waals surface area contributed by atoms with E-state index in [0.717, 1.165) is 5.56 Å². The first kappa shape index (κ1) is 10.5. The van der Waals surface area contributed by atoms with Gasteiger partial charge >= 0.3 is 5.76 Å². The molecule has 2 heterocycles. The summed E-state index contributed by atoms with van der Waals surface area (Å²) in [4.78, 5) is 17.9. The van der Waals surface area contributed by atoms with E-state index in [1.54, 1.807) is 25.2 Å². The van der Waals surface area contributed by atoms with Gasteiger partial charge in [0.15, 0.2) is 11.4 Å². The summed E-state index contributed by atoms with van der Waals surface area (Å²) in [6.45, 7) is 0. The lowest BCUT2D eigenvalue weighted by molar-refractivity contribution is 0.555. The predicted octanol–water partition coefficient (Wildman–Crippen LogP) is 1.01. The van der Waals surface area contributed by atoms with Gasteiger partial charge in [-0.05, 0) is 18.2 Å². The van der Waals surface area contributed by atoms with E-state index in [9.17, 15) is 4.79 Å². The van der Waals surface area contributed by atoms with Crippen molar-refractivity contribution in [2.24, 2.45) is 0 Å². The Morgan fingerprint density at radius 1 is 1.39 bits per heavy atom. The van der Waals surface area contributed by atoms with E-state index in [4.69, 9.17) is 4.42 Å². The molecule has 0 radical (unpaired) electrons. The van der Waals surface area contributed by atoms with E-state index in [-0.39, 0.29) is 0 Å². The minimum Gasteiger partial charge on any atom is -0.408 e. The fourth-order valence-corrected chi connectivity index (χ4v) is 1.64. The van der Waals surface area contributed by atoms with Crippen molar-refractivity contribution in [1.82, 2.24) is 20.2 Å². The van der Waals surface area contributed by atoms with Crippen LogP contribution in [0.3, 0.4) is 0 Å². The van der Waals surface area contributed by atoms with Crippen LogP contribution in [0.25, 0.3) is 22.5 Å². The number of aromatic amines is 1. The molecular weight excluding hydrogens is 234 g/mol. The lowest BCUT2D eigenvalue weighted by atomic mass is 10.2. The van der Waals surface area contributed by atoms with Crippen LogP contribution in [0.2, 0.25) is 0 Å². The Balaban J connectivity index is 2.15. The quantitative estimate of drug-likeness (QED) is 0.697. The SMILES string of the molecule is CNc1cnnc(-c2ccc3oc(=O)[nH]c3c2)n1. The molecule has 18 heavy (non-hydrogen) atoms. The molecule has 7 nitrogen and oxygen atoms in total. The van der Waals surface area contributed by atoms with Crippen LogP contribution < -0.4 is 11.1 Å². The topological polar surface area (TPSA) is 96.7 Å². The Labute approximate surface area is 101 Å². The summed E-state index contributed by atoms with van der Waals surface area (Å²) in [5, 5.41) is 10.7. The number of fused-ring (bicyclic) bond motifs is 1. The Hall–Kier alpha value is -2.70. The van der Waals surface area contributed by atoms with Gasteiger partial charge < -0.3 is 9.73 Å². The predicted molar refractivity (Wildman–Crippen MR) is 65.2 cm³/mol. The van der Waals surface area contributed by atoms with Crippen LogP contribution in [0.4, 0.5) is 5.82 Å². The third-order valence-corrected chi connectivity index (χ3v) is 2.49. The number of H-pyrrole nitrogens is 1. The van der Waals surface area contributed by atoms with Gasteiger partial charge in [0.05, 0.1) is 11.7 Å². The molecule has 90 valence electrons. The second-order valence-corrected chi connectivity index (χ2v) is 3.64. The van der Waals surface area contributed by atoms with Crippen molar-refractivity contribution in [3.63, 3.8) is 0 Å². The highest BCUT2D eigenvalue weighted by atomic mass is 16.4. The Morgan fingerprint density at radius 2 is 2.28 bits per heavy atom. The summed E-state index contributed by atoms with van der Waals surface area (Å²) in [6, 6.07) is 5.21. The maximum absolute atomic E-state index is 11.1. The number of hydrogen-bond acceptors (Lipinski definition) is 6. The fourth-order valence-electron chi connectivity index (χ4n) is 1.64. The van der Waals surface area contributed by atoms with Crippen molar-refractivity contribution in [1.29, 1.82) is 0 Å². The molecule has 0 unspecified atom stereocenters. The number of aromatic nitrogens is 4. The van der Waals surface area contributed by atoms with Gasteiger partial charge in [0.1, 0.15) is 5.82 Å². The van der Waals surface area contributed by atoms with Crippen LogP contribution >= 0.6 is 0 Å². The lowest BCUT2D eigenvalue weighted by Crippen LogP contribution is -1.98. The molecule has 2 N–H and O–H groups in total. The molecule has 7 heteroatoms. The largest absolute Gasteiger partial charge is 0.417 e. The summed E-state index contributed by atoms with van der Waals surface area (Å²) < 4.78 is 4.92. The first-order chi connectivity index (χ1) is 8.76. The normalized spacial score (nSPS) is 10.7. The lowest BCUT2D eigenvalue weighted by Gasteiger charge is -2.01. The molecule has 0 aliphatic rings. The third kappa shape index (κ3) is 1.71. The summed E-state index contributed by atoms with van der Waals surface area (Å²) in [5.74, 6) is 0.622. The molecule has 0 saturated carbocycles. The molecule has 0 aliphatic carbocycles. The minimum atomic E-state index is -0.481. The highest BCUT2D eigenvalue weighted by Gasteiger charge is 2.07. The molecule has 0 atom stereocenters. The number of nitrogens with one attached hydrogen (secondary N) is 2. The summed E-state index contributed by atoms with van der Waals surface area (Å²) in [6.07, 6.45) is 1.53. The van der Waals surface area contributed by atoms with E-state index in [0.29, 0.717) is 22.7 Å². The van der Waals surface area contributed by atoms with Crippen molar-refractivity contribution in [2.45, 2.75) is 0 Å². The molecule has 3 aromatic rings.